The SMILES string of the molecule is C[C@]1(CO)CC[C@@]2(C(=O)O)[C@@H](C1)C1=CC[C@@H]3[C@]4(C5CCCCC5)[C@H](CC[C@@]3(C)[C@]1(C)[C@H]1Cc3[nH]cnc3NC[C@@H]12)[C@](C)(CO)[C@H](O[C@@H]1OC[C@@H](O)[C@H](O)[C@H]1O)[C@H](O)[C@@H]4C[C@@H]1[C@@H]([C@@H](c2cnc[nH]2)[C@H](O)C[C@@H](N)O)NC(=O)[C@@H]1CO. The first-order chi connectivity index (χ1) is 37.6. The Balaban J connectivity index is 1.14. The molecule has 5 saturated carbocycles. The van der Waals surface area contributed by atoms with Crippen molar-refractivity contribution in [2.24, 2.45) is 91.5 Å². The number of aliphatic hydroxyl groups excluding tert-OH is 9. The molecule has 16 N–H and O–H groups in total. The van der Waals surface area contributed by atoms with Crippen LogP contribution in [0, 0.1) is 85.8 Å². The number of carboxylic acid groups (broad SMARTS) is 1. The van der Waals surface area contributed by atoms with Gasteiger partial charge in [0.2, 0.25) is 5.91 Å². The van der Waals surface area contributed by atoms with E-state index in [0.717, 1.165) is 43.4 Å². The Bertz CT molecular complexity index is 2560. The van der Waals surface area contributed by atoms with Gasteiger partial charge in [0.25, 0.3) is 0 Å². The lowest BCUT2D eigenvalue weighted by molar-refractivity contribution is -0.351. The lowest BCUT2D eigenvalue weighted by Crippen LogP contribution is -2.76. The van der Waals surface area contributed by atoms with Crippen LogP contribution in [0.3, 0.4) is 0 Å². The predicted octanol–water partition coefficient (Wildman–Crippen LogP) is 1.89. The van der Waals surface area contributed by atoms with E-state index in [2.05, 4.69) is 52.4 Å². The number of nitrogens with two attached hydrogens (primary N) is 1. The topological polar surface area (TPSA) is 362 Å². The minimum absolute atomic E-state index is 0.0632. The van der Waals surface area contributed by atoms with Crippen LogP contribution in [0.2, 0.25) is 0 Å². The Morgan fingerprint density at radius 2 is 1.68 bits per heavy atom. The van der Waals surface area contributed by atoms with Gasteiger partial charge in [-0.3, -0.25) is 9.59 Å². The van der Waals surface area contributed by atoms with E-state index >= 15 is 0 Å². The number of aromatic amines is 2. The molecule has 440 valence electrons. The van der Waals surface area contributed by atoms with Crippen LogP contribution in [-0.4, -0.2) is 171 Å². The molecule has 3 aliphatic heterocycles. The first kappa shape index (κ1) is 57.2. The van der Waals surface area contributed by atoms with E-state index < -0.39 is 148 Å². The molecule has 9 aliphatic rings. The number of fused-ring (bicyclic) bond motifs is 11. The Morgan fingerprint density at radius 1 is 0.924 bits per heavy atom. The molecule has 0 unspecified atom stereocenters. The zero-order chi connectivity index (χ0) is 56.4. The van der Waals surface area contributed by atoms with Crippen molar-refractivity contribution in [3.8, 4) is 0 Å². The van der Waals surface area contributed by atoms with Crippen molar-refractivity contribution in [3.05, 3.63) is 41.9 Å². The smallest absolute Gasteiger partial charge is 0.310 e. The number of ether oxygens (including phenoxy) is 2. The third-order valence-corrected chi connectivity index (χ3v) is 24.1. The number of rotatable bonds is 14. The van der Waals surface area contributed by atoms with Crippen molar-refractivity contribution >= 4 is 17.7 Å². The number of allylic oxidation sites excluding steroid dienone is 2. The van der Waals surface area contributed by atoms with Crippen LogP contribution in [0.4, 0.5) is 5.82 Å². The molecule has 2 aromatic rings. The summed E-state index contributed by atoms with van der Waals surface area (Å²) < 4.78 is 12.8. The number of carbonyl (C=O) groups is 2. The van der Waals surface area contributed by atoms with Crippen LogP contribution in [0.1, 0.15) is 128 Å². The maximum absolute atomic E-state index is 14.5. The number of amides is 1. The minimum Gasteiger partial charge on any atom is -0.481 e. The molecule has 7 fully saturated rings. The van der Waals surface area contributed by atoms with E-state index in [-0.39, 0.29) is 49.7 Å². The van der Waals surface area contributed by atoms with Gasteiger partial charge >= 0.3 is 5.97 Å². The van der Waals surface area contributed by atoms with Gasteiger partial charge in [-0.25, -0.2) is 9.97 Å². The molecule has 5 heterocycles. The molecule has 21 nitrogen and oxygen atoms in total. The summed E-state index contributed by atoms with van der Waals surface area (Å²) >= 11 is 0. The van der Waals surface area contributed by atoms with Crippen LogP contribution in [0.25, 0.3) is 0 Å². The molecule has 21 heteroatoms. The first-order valence-corrected chi connectivity index (χ1v) is 29.5. The third kappa shape index (κ3) is 8.41. The fraction of sp³-hybridized carbons (Fsp3) is 0.828. The van der Waals surface area contributed by atoms with Gasteiger partial charge in [-0.2, -0.15) is 0 Å². The largest absolute Gasteiger partial charge is 0.481 e. The molecule has 2 aromatic heterocycles. The van der Waals surface area contributed by atoms with Crippen molar-refractivity contribution in [3.63, 3.8) is 0 Å². The quantitative estimate of drug-likeness (QED) is 0.0729. The number of aliphatic carboxylic acids is 1. The van der Waals surface area contributed by atoms with Crippen molar-refractivity contribution < 1.29 is 70.1 Å². The number of hydrogen-bond acceptors (Lipinski definition) is 17. The molecule has 0 spiro atoms. The van der Waals surface area contributed by atoms with Crippen molar-refractivity contribution in [2.45, 2.75) is 179 Å². The summed E-state index contributed by atoms with van der Waals surface area (Å²) in [6.45, 7) is 7.73. The van der Waals surface area contributed by atoms with Gasteiger partial charge in [0.1, 0.15) is 30.4 Å². The van der Waals surface area contributed by atoms with E-state index in [9.17, 15) is 60.7 Å². The number of carboxylic acids is 1. The second kappa shape index (κ2) is 20.9. The van der Waals surface area contributed by atoms with Crippen molar-refractivity contribution in [2.75, 3.05) is 38.3 Å². The van der Waals surface area contributed by atoms with Crippen LogP contribution in [0.5, 0.6) is 0 Å². The standard InChI is InChI=1S/C58H89N7O14/c1-53(24-67)14-15-57(52(76)77)34(19-53)31-10-11-41-55(3,56(31,4)32-17-36-49(64-27-63-36)61-20-35(32)57)13-12-40-54(2,25-68)48(79-51-47(74)46(73)39(70)23-78-51)45(72)33(58(40,41)28-8-6-5-7-9-28)16-29-30(22-66)50(75)65-44(29)43(37-21-60-26-62-37)38(69)18-42(59)71/h10,21,26-30,32-35,38-48,51,61,66-74H,5-9,11-20,22-25,59H2,1-4H3,(H,60,62)(H,63,64)(H,65,75)(H,76,77)/t29-,30+,32-,33-,34-,35-,38+,39+,40+,41-,42-,43-,44-,45+,46-,47+,48+,51-,53-,54-,55+,56-,57+,58-/m0/s1. The first-order valence-electron chi connectivity index (χ1n) is 29.5. The molecule has 2 saturated heterocycles. The molecular formula is C58H89N7O14. The summed E-state index contributed by atoms with van der Waals surface area (Å²) in [7, 11) is 0. The van der Waals surface area contributed by atoms with Crippen molar-refractivity contribution in [1.82, 2.24) is 25.3 Å². The number of imidazole rings is 2. The Morgan fingerprint density at radius 3 is 2.35 bits per heavy atom. The number of nitrogens with zero attached hydrogens (tertiary/aromatic N) is 2. The zero-order valence-electron chi connectivity index (χ0n) is 46.3. The summed E-state index contributed by atoms with van der Waals surface area (Å²) in [5.74, 6) is -5.80. The normalized spacial score (nSPS) is 47.0. The number of nitrogens with one attached hydrogen (secondary N) is 4. The van der Waals surface area contributed by atoms with Crippen LogP contribution >= 0.6 is 0 Å². The molecule has 0 radical (unpaired) electrons. The molecule has 6 aliphatic carbocycles. The van der Waals surface area contributed by atoms with Gasteiger partial charge in [0.05, 0.1) is 67.8 Å². The highest BCUT2D eigenvalue weighted by molar-refractivity contribution is 5.82. The molecular weight excluding hydrogens is 1020 g/mol. The number of H-pyrrole nitrogens is 2. The second-order valence-corrected chi connectivity index (χ2v) is 27.3. The summed E-state index contributed by atoms with van der Waals surface area (Å²) in [6, 6.07) is -0.888. The minimum atomic E-state index is -1.72. The van der Waals surface area contributed by atoms with Gasteiger partial charge < -0.3 is 86.9 Å². The number of hydrogen-bond donors (Lipinski definition) is 15. The Kier molecular flexibility index (Phi) is 15.2. The summed E-state index contributed by atoms with van der Waals surface area (Å²) in [4.78, 5) is 44.6. The fourth-order valence-corrected chi connectivity index (χ4v) is 20.3. The fourth-order valence-electron chi connectivity index (χ4n) is 20.3. The maximum Gasteiger partial charge on any atom is 0.310 e. The van der Waals surface area contributed by atoms with Gasteiger partial charge in [0.15, 0.2) is 6.29 Å². The van der Waals surface area contributed by atoms with Crippen molar-refractivity contribution in [1.29, 1.82) is 0 Å². The van der Waals surface area contributed by atoms with E-state index in [4.69, 9.17) is 20.2 Å². The average molecular weight is 1110 g/mol. The lowest BCUT2D eigenvalue weighted by atomic mass is 9.27. The molecule has 1 amide bonds. The Hall–Kier alpha value is -3.58. The number of aromatic nitrogens is 4. The predicted molar refractivity (Wildman–Crippen MR) is 285 cm³/mol. The van der Waals surface area contributed by atoms with Crippen LogP contribution < -0.4 is 16.4 Å². The lowest BCUT2D eigenvalue weighted by Gasteiger charge is -2.77. The highest BCUT2D eigenvalue weighted by Gasteiger charge is 2.78. The average Bonchev–Trinajstić information content (AvgIpc) is 2.35. The van der Waals surface area contributed by atoms with Crippen LogP contribution in [-0.2, 0) is 25.5 Å². The number of aliphatic hydroxyl groups is 9. The summed E-state index contributed by atoms with van der Waals surface area (Å²) in [5.41, 5.74) is 3.28. The molecule has 0 bridgehead atoms. The zero-order valence-corrected chi connectivity index (χ0v) is 46.3. The maximum atomic E-state index is 14.5. The van der Waals surface area contributed by atoms with E-state index in [0.29, 0.717) is 63.0 Å². The third-order valence-electron chi connectivity index (χ3n) is 24.1. The number of anilines is 1. The summed E-state index contributed by atoms with van der Waals surface area (Å²) in [6.07, 6.45) is 3.27. The van der Waals surface area contributed by atoms with E-state index in [1.165, 1.54) is 6.33 Å². The molecule has 11 rings (SSSR count). The van der Waals surface area contributed by atoms with E-state index in [1.807, 2.05) is 6.92 Å². The summed E-state index contributed by atoms with van der Waals surface area (Å²) in [5, 5.41) is 123. The Labute approximate surface area is 462 Å². The highest BCUT2D eigenvalue weighted by atomic mass is 16.7. The molecule has 79 heavy (non-hydrogen) atoms. The van der Waals surface area contributed by atoms with Gasteiger partial charge in [-0.1, -0.05) is 58.6 Å². The highest BCUT2D eigenvalue weighted by Crippen LogP contribution is 2.81. The van der Waals surface area contributed by atoms with Gasteiger partial charge in [-0.15, -0.1) is 0 Å². The van der Waals surface area contributed by atoms with E-state index in [1.54, 1.807) is 12.5 Å². The second-order valence-electron chi connectivity index (χ2n) is 27.3. The molecule has 24 atom stereocenters. The van der Waals surface area contributed by atoms with Gasteiger partial charge in [0, 0.05) is 48.8 Å². The number of carbonyl (C=O) groups excluding carboxylic acids is 1. The monoisotopic (exact) mass is 1110 g/mol. The van der Waals surface area contributed by atoms with Gasteiger partial charge in [-0.05, 0) is 133 Å². The molecule has 0 aromatic carbocycles. The van der Waals surface area contributed by atoms with Crippen LogP contribution in [0.15, 0.2) is 30.5 Å².